The average molecular weight is 432 g/mol. The lowest BCUT2D eigenvalue weighted by Gasteiger charge is -2.35. The summed E-state index contributed by atoms with van der Waals surface area (Å²) in [6, 6.07) is 7.06. The second-order valence-electron chi connectivity index (χ2n) is 7.32. The van der Waals surface area contributed by atoms with Crippen molar-refractivity contribution < 1.29 is 18.8 Å². The summed E-state index contributed by atoms with van der Waals surface area (Å²) in [6.45, 7) is 4.19. The van der Waals surface area contributed by atoms with Crippen molar-refractivity contribution in [2.45, 2.75) is 24.5 Å². The number of aromatic nitrogens is 2. The molecule has 2 atom stereocenters. The number of aliphatic hydroxyl groups excluding tert-OH is 1. The quantitative estimate of drug-likeness (QED) is 0.652. The molecule has 1 aromatic heterocycles. The Balaban J connectivity index is 1.61. The van der Waals surface area contributed by atoms with Crippen LogP contribution in [0.5, 0.6) is 0 Å². The molecule has 0 radical (unpaired) electrons. The van der Waals surface area contributed by atoms with Crippen LogP contribution >= 0.6 is 0 Å². The Morgan fingerprint density at radius 3 is 2.83 bits per heavy atom. The Kier molecular flexibility index (Phi) is 6.26. The zero-order valence-electron chi connectivity index (χ0n) is 16.8. The second-order valence-corrected chi connectivity index (χ2v) is 8.78. The summed E-state index contributed by atoms with van der Waals surface area (Å²) in [7, 11) is -0.956. The molecule has 4 rings (SSSR count). The number of urea groups is 1. The van der Waals surface area contributed by atoms with E-state index >= 15 is 0 Å². The van der Waals surface area contributed by atoms with Crippen LogP contribution in [0.15, 0.2) is 24.3 Å². The van der Waals surface area contributed by atoms with Crippen molar-refractivity contribution in [1.29, 1.82) is 0 Å². The van der Waals surface area contributed by atoms with E-state index in [2.05, 4.69) is 22.5 Å². The molecule has 1 saturated heterocycles. The van der Waals surface area contributed by atoms with Gasteiger partial charge in [0.1, 0.15) is 5.82 Å². The van der Waals surface area contributed by atoms with Gasteiger partial charge in [-0.15, -0.1) is 0 Å². The Hall–Kier alpha value is -2.56. The molecule has 0 saturated carbocycles. The lowest BCUT2D eigenvalue weighted by atomic mass is 10.1. The monoisotopic (exact) mass is 431 g/mol. The molecule has 2 aliphatic rings. The Morgan fingerprint density at radius 2 is 2.10 bits per heavy atom. The molecule has 0 bridgehead atoms. The maximum Gasteiger partial charge on any atom is 0.319 e. The fraction of sp³-hybridized carbons (Fsp3) is 0.450. The van der Waals surface area contributed by atoms with Crippen LogP contribution < -0.4 is 15.5 Å². The van der Waals surface area contributed by atoms with Crippen LogP contribution in [0.25, 0.3) is 11.4 Å². The van der Waals surface area contributed by atoms with E-state index in [0.29, 0.717) is 36.2 Å². The third kappa shape index (κ3) is 4.45. The number of hydrogen-bond donors (Lipinski definition) is 3. The fourth-order valence-corrected chi connectivity index (χ4v) is 4.87. The molecule has 2 aliphatic heterocycles. The maximum absolute atomic E-state index is 12.2. The number of carbonyl (C=O) groups excluding carboxylic acids is 1. The second kappa shape index (κ2) is 9.07. The molecule has 3 heterocycles. The van der Waals surface area contributed by atoms with Crippen LogP contribution in [-0.4, -0.2) is 64.3 Å². The Labute approximate surface area is 177 Å². The fourth-order valence-electron chi connectivity index (χ4n) is 3.60. The van der Waals surface area contributed by atoms with Crippen molar-refractivity contribution in [2.75, 3.05) is 43.1 Å². The Bertz CT molecular complexity index is 953. The van der Waals surface area contributed by atoms with Crippen molar-refractivity contribution >= 4 is 28.3 Å². The number of nitrogens with one attached hydrogen (secondary N) is 2. The molecule has 160 valence electrons. The Morgan fingerprint density at radius 1 is 1.30 bits per heavy atom. The number of hydrogen-bond acceptors (Lipinski definition) is 7. The molecule has 10 heteroatoms. The van der Waals surface area contributed by atoms with E-state index in [9.17, 15) is 9.00 Å². The van der Waals surface area contributed by atoms with Crippen LogP contribution in [0.1, 0.15) is 18.2 Å². The summed E-state index contributed by atoms with van der Waals surface area (Å²) in [6.07, 6.45) is 0. The minimum Gasteiger partial charge on any atom is -0.395 e. The van der Waals surface area contributed by atoms with Crippen molar-refractivity contribution in [3.8, 4) is 11.4 Å². The molecule has 30 heavy (non-hydrogen) atoms. The van der Waals surface area contributed by atoms with Crippen molar-refractivity contribution in [1.82, 2.24) is 15.3 Å². The predicted octanol–water partition coefficient (Wildman–Crippen LogP) is 1.24. The topological polar surface area (TPSA) is 117 Å². The predicted molar refractivity (Wildman–Crippen MR) is 115 cm³/mol. The first-order valence-electron chi connectivity index (χ1n) is 9.90. The number of nitrogens with zero attached hydrogens (tertiary/aromatic N) is 3. The van der Waals surface area contributed by atoms with Gasteiger partial charge in [0.2, 0.25) is 0 Å². The summed E-state index contributed by atoms with van der Waals surface area (Å²) in [5.74, 6) is 2.36. The zero-order chi connectivity index (χ0) is 21.1. The first kappa shape index (κ1) is 20.7. The third-order valence-corrected chi connectivity index (χ3v) is 6.32. The average Bonchev–Trinajstić information content (AvgIpc) is 3.13. The standard InChI is InChI=1S/C20H25N5O4S/c1-13-10-29-9-7-25(13)19-16-11-30(28)12-17(16)23-18(24-19)14-2-4-15(5-3-14)22-20(27)21-6-8-26/h2-5,13,26H,6-12H2,1H3,(H2,21,22,27). The molecule has 2 unspecified atom stereocenters. The van der Waals surface area contributed by atoms with Gasteiger partial charge >= 0.3 is 6.03 Å². The van der Waals surface area contributed by atoms with Gasteiger partial charge in [-0.1, -0.05) is 0 Å². The normalized spacial score (nSPS) is 20.7. The van der Waals surface area contributed by atoms with E-state index in [-0.39, 0.29) is 25.2 Å². The van der Waals surface area contributed by atoms with Gasteiger partial charge in [0, 0.05) is 40.7 Å². The number of benzene rings is 1. The molecule has 3 N–H and O–H groups in total. The van der Waals surface area contributed by atoms with E-state index in [4.69, 9.17) is 19.8 Å². The van der Waals surface area contributed by atoms with Crippen LogP contribution in [0, 0.1) is 0 Å². The van der Waals surface area contributed by atoms with Crippen molar-refractivity contribution in [3.05, 3.63) is 35.5 Å². The van der Waals surface area contributed by atoms with Gasteiger partial charge in [-0.25, -0.2) is 14.8 Å². The van der Waals surface area contributed by atoms with Gasteiger partial charge in [-0.3, -0.25) is 4.21 Å². The maximum atomic E-state index is 12.2. The molecule has 9 nitrogen and oxygen atoms in total. The first-order chi connectivity index (χ1) is 14.5. The first-order valence-corrected chi connectivity index (χ1v) is 11.4. The molecular weight excluding hydrogens is 406 g/mol. The smallest absolute Gasteiger partial charge is 0.319 e. The van der Waals surface area contributed by atoms with Crippen LogP contribution in [0.2, 0.25) is 0 Å². The van der Waals surface area contributed by atoms with Crippen LogP contribution in [-0.2, 0) is 27.0 Å². The highest BCUT2D eigenvalue weighted by molar-refractivity contribution is 7.83. The van der Waals surface area contributed by atoms with E-state index in [1.807, 2.05) is 12.1 Å². The summed E-state index contributed by atoms with van der Waals surface area (Å²) >= 11 is 0. The lowest BCUT2D eigenvalue weighted by Crippen LogP contribution is -2.44. The van der Waals surface area contributed by atoms with Crippen molar-refractivity contribution in [2.24, 2.45) is 0 Å². The highest BCUT2D eigenvalue weighted by Crippen LogP contribution is 2.33. The van der Waals surface area contributed by atoms with Gasteiger partial charge in [-0.2, -0.15) is 0 Å². The number of anilines is 2. The zero-order valence-corrected chi connectivity index (χ0v) is 17.6. The minimum absolute atomic E-state index is 0.114. The van der Waals surface area contributed by atoms with E-state index in [1.54, 1.807) is 12.1 Å². The molecule has 0 spiro atoms. The summed E-state index contributed by atoms with van der Waals surface area (Å²) in [5.41, 5.74) is 3.26. The summed E-state index contributed by atoms with van der Waals surface area (Å²) < 4.78 is 17.8. The van der Waals surface area contributed by atoms with Crippen LogP contribution in [0.4, 0.5) is 16.3 Å². The van der Waals surface area contributed by atoms with Gasteiger partial charge in [0.25, 0.3) is 0 Å². The summed E-state index contributed by atoms with van der Waals surface area (Å²) in [5, 5.41) is 14.0. The van der Waals surface area contributed by atoms with Gasteiger partial charge < -0.3 is 25.4 Å². The van der Waals surface area contributed by atoms with E-state index in [1.165, 1.54) is 0 Å². The third-order valence-electron chi connectivity index (χ3n) is 5.11. The van der Waals surface area contributed by atoms with Gasteiger partial charge in [0.15, 0.2) is 5.82 Å². The highest BCUT2D eigenvalue weighted by atomic mass is 32.2. The molecule has 2 amide bonds. The van der Waals surface area contributed by atoms with E-state index < -0.39 is 10.8 Å². The number of carbonyl (C=O) groups is 1. The van der Waals surface area contributed by atoms with E-state index in [0.717, 1.165) is 29.2 Å². The number of aliphatic hydroxyl groups is 1. The van der Waals surface area contributed by atoms with Crippen LogP contribution in [0.3, 0.4) is 0 Å². The number of rotatable bonds is 5. The lowest BCUT2D eigenvalue weighted by molar-refractivity contribution is 0.0984. The molecule has 2 aromatic rings. The van der Waals surface area contributed by atoms with Crippen molar-refractivity contribution in [3.63, 3.8) is 0 Å². The number of morpholine rings is 1. The number of ether oxygens (including phenoxy) is 1. The minimum atomic E-state index is -0.956. The molecule has 1 fully saturated rings. The molecule has 1 aromatic carbocycles. The number of amides is 2. The number of fused-ring (bicyclic) bond motifs is 1. The largest absolute Gasteiger partial charge is 0.395 e. The van der Waals surface area contributed by atoms with Gasteiger partial charge in [-0.05, 0) is 31.2 Å². The van der Waals surface area contributed by atoms with Gasteiger partial charge in [0.05, 0.1) is 43.1 Å². The highest BCUT2D eigenvalue weighted by Gasteiger charge is 2.30. The molecular formula is C20H25N5O4S. The molecule has 0 aliphatic carbocycles. The SMILES string of the molecule is CC1COCCN1c1nc(-c2ccc(NC(=O)NCCO)cc2)nc2c1CS(=O)C2. The summed E-state index contributed by atoms with van der Waals surface area (Å²) in [4.78, 5) is 23.5.